The molecular weight excluding hydrogens is 424 g/mol. The van der Waals surface area contributed by atoms with Gasteiger partial charge in [0, 0.05) is 36.9 Å². The molecule has 2 saturated carbocycles. The van der Waals surface area contributed by atoms with E-state index in [-0.39, 0.29) is 28.6 Å². The Bertz CT molecular complexity index is 985. The number of anilines is 1. The number of hydrogen-bond donors (Lipinski definition) is 1. The Balaban J connectivity index is 1.62. The number of benzene rings is 1. The summed E-state index contributed by atoms with van der Waals surface area (Å²) >= 11 is 0. The van der Waals surface area contributed by atoms with Crippen LogP contribution >= 0.6 is 0 Å². The first-order valence-corrected chi connectivity index (χ1v) is 10.0. The van der Waals surface area contributed by atoms with Crippen molar-refractivity contribution in [1.29, 1.82) is 0 Å². The molecule has 2 aliphatic rings. The fourth-order valence-corrected chi connectivity index (χ4v) is 4.22. The van der Waals surface area contributed by atoms with Crippen LogP contribution in [0.2, 0.25) is 0 Å². The number of nitrogens with one attached hydrogen (secondary N) is 1. The highest BCUT2D eigenvalue weighted by Crippen LogP contribution is 2.56. The number of nitrogens with zero attached hydrogens (tertiary/aromatic N) is 2. The number of rotatable bonds is 6. The van der Waals surface area contributed by atoms with E-state index in [4.69, 9.17) is 0 Å². The van der Waals surface area contributed by atoms with Gasteiger partial charge in [0.05, 0.1) is 0 Å². The van der Waals surface area contributed by atoms with Crippen molar-refractivity contribution in [3.05, 3.63) is 47.2 Å². The summed E-state index contributed by atoms with van der Waals surface area (Å²) in [4.78, 5) is 12.3. The molecule has 1 aromatic carbocycles. The maximum atomic E-state index is 15.4. The largest absolute Gasteiger partial charge is 0.314 e. The highest BCUT2D eigenvalue weighted by Gasteiger charge is 2.71. The fourth-order valence-electron chi connectivity index (χ4n) is 4.22. The van der Waals surface area contributed by atoms with Gasteiger partial charge in [-0.05, 0) is 18.8 Å². The number of carbonyl (C=O) groups excluding carboxylic acids is 1. The number of halogens is 6. The number of aryl methyl sites for hydroxylation is 1. The summed E-state index contributed by atoms with van der Waals surface area (Å²) in [6.07, 6.45) is 0.140. The minimum Gasteiger partial charge on any atom is -0.309 e. The van der Waals surface area contributed by atoms with E-state index in [0.29, 0.717) is 12.8 Å². The average molecular weight is 445 g/mol. The third-order valence-corrected chi connectivity index (χ3v) is 6.22. The number of aromatic nitrogens is 2. The molecule has 4 nitrogen and oxygen atoms in total. The van der Waals surface area contributed by atoms with Gasteiger partial charge in [0.2, 0.25) is 5.91 Å². The molecule has 2 fully saturated rings. The van der Waals surface area contributed by atoms with Gasteiger partial charge in [0.1, 0.15) is 5.69 Å². The van der Waals surface area contributed by atoms with Crippen LogP contribution in [0, 0.1) is 5.92 Å². The van der Waals surface area contributed by atoms with Crippen LogP contribution in [0.4, 0.5) is 32.2 Å². The number of carbonyl (C=O) groups is 1. The van der Waals surface area contributed by atoms with Crippen molar-refractivity contribution < 1.29 is 31.1 Å². The van der Waals surface area contributed by atoms with Gasteiger partial charge in [-0.25, -0.2) is 0 Å². The van der Waals surface area contributed by atoms with Crippen LogP contribution in [0.25, 0.3) is 0 Å². The van der Waals surface area contributed by atoms with Crippen molar-refractivity contribution in [2.45, 2.75) is 55.8 Å². The van der Waals surface area contributed by atoms with Gasteiger partial charge >= 0.3 is 17.8 Å². The number of amides is 1. The van der Waals surface area contributed by atoms with Gasteiger partial charge in [0.15, 0.2) is 5.82 Å². The van der Waals surface area contributed by atoms with Crippen molar-refractivity contribution in [3.63, 3.8) is 0 Å². The zero-order valence-electron chi connectivity index (χ0n) is 16.6. The van der Waals surface area contributed by atoms with Crippen molar-refractivity contribution in [3.8, 4) is 0 Å². The van der Waals surface area contributed by atoms with E-state index in [1.165, 1.54) is 31.3 Å². The lowest BCUT2D eigenvalue weighted by Gasteiger charge is -2.43. The van der Waals surface area contributed by atoms with Gasteiger partial charge in [-0.15, -0.1) is 0 Å². The van der Waals surface area contributed by atoms with E-state index in [9.17, 15) is 22.4 Å². The molecule has 1 amide bonds. The first-order valence-electron chi connectivity index (χ1n) is 10.0. The molecule has 10 heteroatoms. The Morgan fingerprint density at radius 2 is 1.84 bits per heavy atom. The normalized spacial score (nSPS) is 22.5. The zero-order valence-corrected chi connectivity index (χ0v) is 16.6. The van der Waals surface area contributed by atoms with E-state index in [0.717, 1.165) is 11.1 Å². The molecule has 0 unspecified atom stereocenters. The first-order chi connectivity index (χ1) is 14.4. The molecule has 0 aliphatic heterocycles. The highest BCUT2D eigenvalue weighted by molar-refractivity contribution is 5.91. The second-order valence-electron chi connectivity index (χ2n) is 8.28. The van der Waals surface area contributed by atoms with E-state index >= 15 is 8.78 Å². The fraction of sp³-hybridized carbons (Fsp3) is 0.524. The third kappa shape index (κ3) is 3.49. The monoisotopic (exact) mass is 445 g/mol. The van der Waals surface area contributed by atoms with Gasteiger partial charge in [0.25, 0.3) is 0 Å². The molecule has 0 bridgehead atoms. The van der Waals surface area contributed by atoms with E-state index in [2.05, 4.69) is 10.4 Å². The summed E-state index contributed by atoms with van der Waals surface area (Å²) in [5, 5.41) is 6.36. The summed E-state index contributed by atoms with van der Waals surface area (Å²) in [5.74, 6) is -14.9. The highest BCUT2D eigenvalue weighted by atomic mass is 19.3. The predicted octanol–water partition coefficient (Wildman–Crippen LogP) is 5.45. The SMILES string of the molecule is Cn1nc(NC(=O)C[C@H]2CC(F)(F)C2(F)F)c(C2CCC2)c1C(F)(F)c1ccccc1. The summed E-state index contributed by atoms with van der Waals surface area (Å²) in [5.41, 5.74) is -0.450. The standard InChI is InChI=1S/C21H21F6N3O/c1-30-17(20(24,25)13-8-3-2-4-9-13)16(12-6-5-7-12)18(29-30)28-15(31)10-14-11-19(22,23)21(14,26)27/h2-4,8-9,12,14H,5-7,10-11H2,1H3,(H,28,29,31)/t14-/m0/s1. The van der Waals surface area contributed by atoms with Gasteiger partial charge < -0.3 is 5.32 Å². The van der Waals surface area contributed by atoms with Crippen molar-refractivity contribution in [2.24, 2.45) is 13.0 Å². The summed E-state index contributed by atoms with van der Waals surface area (Å²) in [6.45, 7) is 0. The van der Waals surface area contributed by atoms with E-state index in [1.807, 2.05) is 0 Å². The Hall–Kier alpha value is -2.52. The smallest absolute Gasteiger partial charge is 0.309 e. The molecule has 1 atom stereocenters. The third-order valence-electron chi connectivity index (χ3n) is 6.22. The Morgan fingerprint density at radius 3 is 2.35 bits per heavy atom. The molecule has 1 N–H and O–H groups in total. The van der Waals surface area contributed by atoms with Crippen LogP contribution in [0.1, 0.15) is 54.8 Å². The maximum absolute atomic E-state index is 15.4. The first kappa shape index (κ1) is 21.7. The van der Waals surface area contributed by atoms with Gasteiger partial charge in [-0.2, -0.15) is 31.4 Å². The number of hydrogen-bond acceptors (Lipinski definition) is 2. The quantitative estimate of drug-likeness (QED) is 0.602. The van der Waals surface area contributed by atoms with Crippen LogP contribution < -0.4 is 5.32 Å². The minimum absolute atomic E-state index is 0.128. The lowest BCUT2D eigenvalue weighted by molar-refractivity contribution is -0.313. The second kappa shape index (κ2) is 7.27. The molecule has 0 spiro atoms. The van der Waals surface area contributed by atoms with Crippen LogP contribution in [-0.4, -0.2) is 27.5 Å². The van der Waals surface area contributed by atoms with Crippen LogP contribution in [0.3, 0.4) is 0 Å². The lowest BCUT2D eigenvalue weighted by Crippen LogP contribution is -2.59. The van der Waals surface area contributed by atoms with E-state index in [1.54, 1.807) is 6.07 Å². The molecule has 1 heterocycles. The van der Waals surface area contributed by atoms with Crippen molar-refractivity contribution in [2.75, 3.05) is 5.32 Å². The zero-order chi connectivity index (χ0) is 22.6. The Kier molecular flexibility index (Phi) is 5.09. The van der Waals surface area contributed by atoms with Crippen LogP contribution in [-0.2, 0) is 17.8 Å². The topological polar surface area (TPSA) is 46.9 Å². The van der Waals surface area contributed by atoms with Gasteiger partial charge in [-0.3, -0.25) is 9.48 Å². The molecule has 0 saturated heterocycles. The Morgan fingerprint density at radius 1 is 1.19 bits per heavy atom. The summed E-state index contributed by atoms with van der Waals surface area (Å²) < 4.78 is 84.9. The summed E-state index contributed by atoms with van der Waals surface area (Å²) in [6, 6.07) is 7.16. The number of alkyl halides is 6. The molecule has 1 aromatic heterocycles. The van der Waals surface area contributed by atoms with Gasteiger partial charge in [-0.1, -0.05) is 36.8 Å². The lowest BCUT2D eigenvalue weighted by atomic mass is 9.74. The average Bonchev–Trinajstić information content (AvgIpc) is 2.96. The molecule has 168 valence electrons. The summed E-state index contributed by atoms with van der Waals surface area (Å²) in [7, 11) is 1.32. The predicted molar refractivity (Wildman–Crippen MR) is 100 cm³/mol. The molecule has 0 radical (unpaired) electrons. The molecule has 2 aliphatic carbocycles. The molecule has 31 heavy (non-hydrogen) atoms. The second-order valence-corrected chi connectivity index (χ2v) is 8.28. The molecule has 2 aromatic rings. The minimum atomic E-state index is -4.27. The molecule has 4 rings (SSSR count). The van der Waals surface area contributed by atoms with E-state index < -0.39 is 42.4 Å². The van der Waals surface area contributed by atoms with Crippen molar-refractivity contribution in [1.82, 2.24) is 9.78 Å². The van der Waals surface area contributed by atoms with Crippen LogP contribution in [0.15, 0.2) is 30.3 Å². The maximum Gasteiger partial charge on any atom is 0.314 e. The molecular formula is C21H21F6N3O. The Labute approximate surface area is 174 Å². The van der Waals surface area contributed by atoms with Crippen molar-refractivity contribution >= 4 is 11.7 Å². The van der Waals surface area contributed by atoms with Crippen LogP contribution in [0.5, 0.6) is 0 Å².